The molecule has 12 aromatic rings. The lowest BCUT2D eigenvalue weighted by Gasteiger charge is -2.05. The van der Waals surface area contributed by atoms with Crippen LogP contribution in [-0.2, 0) is 40.5 Å². The Morgan fingerprint density at radius 1 is 0.306 bits per heavy atom. The highest BCUT2D eigenvalue weighted by molar-refractivity contribution is 6.19. The molecule has 0 aliphatic carbocycles. The van der Waals surface area contributed by atoms with E-state index in [1.165, 1.54) is 24.3 Å². The number of alkyl halides is 6. The molecule has 10 heteroatoms. The summed E-state index contributed by atoms with van der Waals surface area (Å²) < 4.78 is 87.1. The average Bonchev–Trinajstić information content (AvgIpc) is 4.03. The average molecular weight is 959 g/mol. The molecule has 0 saturated carbocycles. The molecule has 8 aromatic carbocycles. The van der Waals surface area contributed by atoms with Crippen LogP contribution in [0, 0.1) is 23.7 Å². The molecule has 0 atom stereocenters. The zero-order valence-corrected chi connectivity index (χ0v) is 40.1. The van der Waals surface area contributed by atoms with Crippen LogP contribution in [0.2, 0.25) is 0 Å². The monoisotopic (exact) mass is 958 g/mol. The summed E-state index contributed by atoms with van der Waals surface area (Å²) in [5.41, 5.74) is 12.1. The van der Waals surface area contributed by atoms with E-state index in [2.05, 4.69) is 141 Å². The summed E-state index contributed by atoms with van der Waals surface area (Å²) >= 11 is 0. The molecule has 4 aromatic heterocycles. The number of benzene rings is 8. The number of aryl methyl sites for hydroxylation is 4. The van der Waals surface area contributed by atoms with Gasteiger partial charge in [-0.15, -0.1) is 0 Å². The number of hydrogen-bond acceptors (Lipinski definition) is 0. The number of rotatable bonds is 2. The molecular formula is C62H44F6N4. The number of fused-ring (bicyclic) bond motifs is 12. The van der Waals surface area contributed by atoms with Gasteiger partial charge in [-0.3, -0.25) is 0 Å². The molecule has 0 radical (unpaired) electrons. The first-order valence-corrected chi connectivity index (χ1v) is 23.5. The molecular weight excluding hydrogens is 915 g/mol. The highest BCUT2D eigenvalue weighted by Crippen LogP contribution is 2.39. The highest BCUT2D eigenvalue weighted by atomic mass is 19.4. The van der Waals surface area contributed by atoms with Crippen molar-refractivity contribution < 1.29 is 26.3 Å². The van der Waals surface area contributed by atoms with Gasteiger partial charge in [-0.25, -0.2) is 0 Å². The third kappa shape index (κ3) is 7.71. The fourth-order valence-electron chi connectivity index (χ4n) is 10.2. The molecule has 4 heterocycles. The van der Waals surface area contributed by atoms with E-state index < -0.39 is 23.5 Å². The Kier molecular flexibility index (Phi) is 10.9. The van der Waals surface area contributed by atoms with Crippen molar-refractivity contribution in [1.82, 2.24) is 18.3 Å². The quantitative estimate of drug-likeness (QED) is 0.0935. The molecule has 0 aliphatic heterocycles. The van der Waals surface area contributed by atoms with Crippen LogP contribution in [0.4, 0.5) is 26.3 Å². The van der Waals surface area contributed by atoms with Crippen LogP contribution in [0.1, 0.15) is 58.4 Å². The summed E-state index contributed by atoms with van der Waals surface area (Å²) in [6.45, 7) is 4.00. The van der Waals surface area contributed by atoms with Gasteiger partial charge < -0.3 is 18.3 Å². The van der Waals surface area contributed by atoms with E-state index >= 15 is 0 Å². The van der Waals surface area contributed by atoms with Gasteiger partial charge in [-0.05, 0) is 120 Å². The van der Waals surface area contributed by atoms with Crippen LogP contribution in [0.15, 0.2) is 146 Å². The van der Waals surface area contributed by atoms with Gasteiger partial charge >= 0.3 is 12.4 Å². The molecule has 72 heavy (non-hydrogen) atoms. The van der Waals surface area contributed by atoms with Crippen molar-refractivity contribution in [2.24, 2.45) is 28.2 Å². The Balaban J connectivity index is 0.00000277. The largest absolute Gasteiger partial charge is 0.416 e. The number of aromatic nitrogens is 4. The smallest absolute Gasteiger partial charge is 0.344 e. The van der Waals surface area contributed by atoms with E-state index in [9.17, 15) is 26.3 Å². The van der Waals surface area contributed by atoms with Gasteiger partial charge in [0.2, 0.25) is 0 Å². The molecule has 4 nitrogen and oxygen atoms in total. The van der Waals surface area contributed by atoms with Gasteiger partial charge in [0.1, 0.15) is 0 Å². The molecule has 0 unspecified atom stereocenters. The van der Waals surface area contributed by atoms with E-state index in [1.54, 1.807) is 0 Å². The fraction of sp³-hybridized carbons (Fsp3) is 0.129. The van der Waals surface area contributed by atoms with E-state index in [0.29, 0.717) is 11.1 Å². The Morgan fingerprint density at radius 3 is 0.861 bits per heavy atom. The predicted octanol–water partition coefficient (Wildman–Crippen LogP) is 16.3. The summed E-state index contributed by atoms with van der Waals surface area (Å²) in [4.78, 5) is 0. The minimum absolute atomic E-state index is 0.516. The third-order valence-electron chi connectivity index (χ3n) is 13.9. The molecule has 0 spiro atoms. The lowest BCUT2D eigenvalue weighted by atomic mass is 10.1. The maximum atomic E-state index is 13.0. The van der Waals surface area contributed by atoms with Gasteiger partial charge in [0.15, 0.2) is 0 Å². The zero-order chi connectivity index (χ0) is 50.4. The highest BCUT2D eigenvalue weighted by Gasteiger charge is 2.30. The van der Waals surface area contributed by atoms with Crippen molar-refractivity contribution in [3.8, 4) is 23.7 Å². The maximum absolute atomic E-state index is 13.0. The molecule has 354 valence electrons. The molecule has 0 bridgehead atoms. The van der Waals surface area contributed by atoms with Crippen LogP contribution in [0.25, 0.3) is 99.4 Å². The van der Waals surface area contributed by atoms with Crippen molar-refractivity contribution in [3.63, 3.8) is 0 Å². The summed E-state index contributed by atoms with van der Waals surface area (Å²) in [7, 11) is 8.30. The Hall–Kier alpha value is -8.60. The van der Waals surface area contributed by atoms with E-state index in [4.69, 9.17) is 0 Å². The first-order valence-electron chi connectivity index (χ1n) is 23.5. The van der Waals surface area contributed by atoms with Crippen molar-refractivity contribution >= 4 is 99.4 Å². The normalized spacial score (nSPS) is 12.2. The number of hydrogen-bond donors (Lipinski definition) is 0. The Bertz CT molecular complexity index is 4070. The van der Waals surface area contributed by atoms with Crippen LogP contribution >= 0.6 is 0 Å². The Morgan fingerprint density at radius 2 is 0.556 bits per heavy atom. The van der Waals surface area contributed by atoms with Gasteiger partial charge in [-0.1, -0.05) is 86.1 Å². The van der Waals surface area contributed by atoms with Gasteiger partial charge in [0, 0.05) is 127 Å². The molecule has 0 fully saturated rings. The lowest BCUT2D eigenvalue weighted by molar-refractivity contribution is -0.138. The fourth-order valence-corrected chi connectivity index (χ4v) is 10.2. The molecule has 0 saturated heterocycles. The second-order valence-electron chi connectivity index (χ2n) is 18.0. The van der Waals surface area contributed by atoms with Crippen LogP contribution in [0.5, 0.6) is 0 Å². The van der Waals surface area contributed by atoms with E-state index in [1.807, 2.05) is 52.2 Å². The van der Waals surface area contributed by atoms with Crippen molar-refractivity contribution in [2.45, 2.75) is 26.2 Å². The molecule has 0 aliphatic rings. The number of halogens is 6. The lowest BCUT2D eigenvalue weighted by Crippen LogP contribution is -2.04. The molecule has 12 rings (SSSR count). The summed E-state index contributed by atoms with van der Waals surface area (Å²) in [5, 5.41) is 9.08. The topological polar surface area (TPSA) is 19.7 Å². The van der Waals surface area contributed by atoms with Crippen molar-refractivity contribution in [1.29, 1.82) is 0 Å². The Labute approximate surface area is 410 Å². The van der Waals surface area contributed by atoms with Crippen molar-refractivity contribution in [3.05, 3.63) is 190 Å². The first kappa shape index (κ1) is 45.8. The van der Waals surface area contributed by atoms with E-state index in [0.717, 1.165) is 134 Å². The van der Waals surface area contributed by atoms with Gasteiger partial charge in [0.25, 0.3) is 0 Å². The van der Waals surface area contributed by atoms with E-state index in [-0.39, 0.29) is 0 Å². The predicted molar refractivity (Wildman–Crippen MR) is 284 cm³/mol. The second kappa shape index (κ2) is 17.1. The first-order chi connectivity index (χ1) is 34.6. The summed E-state index contributed by atoms with van der Waals surface area (Å²) in [6.07, 6.45) is -4.46. The van der Waals surface area contributed by atoms with Gasteiger partial charge in [-0.2, -0.15) is 26.3 Å². The van der Waals surface area contributed by atoms with Crippen LogP contribution in [0.3, 0.4) is 0 Å². The number of nitrogens with zero attached hydrogens (tertiary/aromatic N) is 4. The van der Waals surface area contributed by atoms with Crippen LogP contribution < -0.4 is 0 Å². The van der Waals surface area contributed by atoms with Crippen LogP contribution in [-0.4, -0.2) is 18.3 Å². The standard InChI is InChI=1S/C60H38F6N4.C2H6/c1-67-51-27-37(7-5-35-11-19-41(20-12-35)59(61,62)63)15-23-43(51)47-31-57-49(33-55(47)67)45-25-17-39(29-53(45)69(57)3)9-10-40-18-26-46-50-34-56-48(32-58(50)70(4)54(46)30-40)44-24-16-38(28-52(44)68(56)2)8-6-36-13-21-42(22-14-36)60(64,65)66;1-2/h9-34H,1-4H3;1-2H3/b10-9+;. The SMILES string of the molecule is CC.Cn1c2cc(C#Cc3ccc(C(F)(F)F)cc3)ccc2c2cc3c(cc21)c1ccc(/C=C/c2ccc4c5cc6c(cc5n(C)c4c2)c2ccc(C#Cc4ccc(C(F)(F)F)cc4)cc2n6C)cc1n3C. The minimum atomic E-state index is -4.39. The zero-order valence-electron chi connectivity index (χ0n) is 40.1. The minimum Gasteiger partial charge on any atom is -0.344 e. The third-order valence-corrected chi connectivity index (χ3v) is 13.9. The summed E-state index contributed by atoms with van der Waals surface area (Å²) in [6, 6.07) is 44.1. The molecule has 0 N–H and O–H groups in total. The molecule has 0 amide bonds. The van der Waals surface area contributed by atoms with Gasteiger partial charge in [0.05, 0.1) is 22.2 Å². The van der Waals surface area contributed by atoms with Crippen molar-refractivity contribution in [2.75, 3.05) is 0 Å². The summed E-state index contributed by atoms with van der Waals surface area (Å²) in [5.74, 6) is 12.3. The maximum Gasteiger partial charge on any atom is 0.416 e. The second-order valence-corrected chi connectivity index (χ2v) is 18.0.